The number of aromatic nitrogens is 1. The number of carbonyl (C=O) groups is 1. The Hall–Kier alpha value is -2.43. The summed E-state index contributed by atoms with van der Waals surface area (Å²) in [5, 5.41) is 12.2. The van der Waals surface area contributed by atoms with E-state index < -0.39 is 0 Å². The zero-order valence-electron chi connectivity index (χ0n) is 19.4. The van der Waals surface area contributed by atoms with Gasteiger partial charge in [-0.15, -0.1) is 11.3 Å². The molecule has 4 heterocycles. The smallest absolute Gasteiger partial charge is 0.228 e. The van der Waals surface area contributed by atoms with Gasteiger partial charge in [0.1, 0.15) is 11.9 Å². The summed E-state index contributed by atoms with van der Waals surface area (Å²) in [4.78, 5) is 23.5. The van der Waals surface area contributed by atoms with Crippen molar-refractivity contribution < 1.29 is 9.53 Å². The highest BCUT2D eigenvalue weighted by Crippen LogP contribution is 2.39. The first-order valence-corrected chi connectivity index (χ1v) is 13.1. The first-order valence-electron chi connectivity index (χ1n) is 12.3. The fourth-order valence-electron chi connectivity index (χ4n) is 5.71. The summed E-state index contributed by atoms with van der Waals surface area (Å²) in [5.74, 6) is 1.48. The van der Waals surface area contributed by atoms with Gasteiger partial charge in [0.05, 0.1) is 30.9 Å². The van der Waals surface area contributed by atoms with Gasteiger partial charge in [0, 0.05) is 42.0 Å². The molecular formula is C26H32N4O2S. The van der Waals surface area contributed by atoms with Gasteiger partial charge in [-0.05, 0) is 43.2 Å². The maximum Gasteiger partial charge on any atom is 0.228 e. The van der Waals surface area contributed by atoms with Crippen LogP contribution in [0.15, 0.2) is 17.5 Å². The number of nitriles is 1. The van der Waals surface area contributed by atoms with Crippen molar-refractivity contribution in [3.8, 4) is 6.07 Å². The summed E-state index contributed by atoms with van der Waals surface area (Å²) in [6.07, 6.45) is 7.39. The summed E-state index contributed by atoms with van der Waals surface area (Å²) in [6.45, 7) is 5.43. The van der Waals surface area contributed by atoms with Crippen LogP contribution < -0.4 is 4.90 Å². The van der Waals surface area contributed by atoms with Crippen LogP contribution in [0, 0.1) is 11.3 Å². The fraction of sp³-hybridized carbons (Fsp3) is 0.577. The van der Waals surface area contributed by atoms with E-state index in [0.29, 0.717) is 45.2 Å². The van der Waals surface area contributed by atoms with Gasteiger partial charge in [-0.3, -0.25) is 4.79 Å². The molecule has 2 aliphatic heterocycles. The lowest BCUT2D eigenvalue weighted by molar-refractivity contribution is -0.132. The standard InChI is InChI=1S/C26H32N4O2S/c1-18-16-29(10-11-30(18)24(31)14-20-8-5-13-33-20)26-22(15-27)21-9-12-32-17-23(21)25(28-26)19-6-3-2-4-7-19/h5,8,13,18-19H,2-4,6-7,9-12,14,16-17H2,1H3. The minimum absolute atomic E-state index is 0.0806. The molecule has 5 rings (SSSR count). The predicted molar refractivity (Wildman–Crippen MR) is 130 cm³/mol. The number of hydrogen-bond donors (Lipinski definition) is 0. The molecule has 1 saturated carbocycles. The molecule has 2 aromatic heterocycles. The molecule has 0 radical (unpaired) electrons. The fourth-order valence-corrected chi connectivity index (χ4v) is 6.40. The molecule has 0 spiro atoms. The van der Waals surface area contributed by atoms with Gasteiger partial charge in [0.25, 0.3) is 0 Å². The maximum atomic E-state index is 12.9. The summed E-state index contributed by atoms with van der Waals surface area (Å²) >= 11 is 1.63. The number of nitrogens with zero attached hydrogens (tertiary/aromatic N) is 4. The molecule has 6 nitrogen and oxygen atoms in total. The number of rotatable bonds is 4. The number of hydrogen-bond acceptors (Lipinski definition) is 6. The zero-order valence-corrected chi connectivity index (χ0v) is 20.2. The zero-order chi connectivity index (χ0) is 22.8. The second-order valence-electron chi connectivity index (χ2n) is 9.54. The molecule has 0 bridgehead atoms. The SMILES string of the molecule is CC1CN(c2nc(C3CCCCC3)c3c(c2C#N)CCOC3)CCN1C(=O)Cc1cccs1. The van der Waals surface area contributed by atoms with Crippen LogP contribution in [0.3, 0.4) is 0 Å². The molecule has 33 heavy (non-hydrogen) atoms. The number of pyridine rings is 1. The van der Waals surface area contributed by atoms with Crippen molar-refractivity contribution >= 4 is 23.1 Å². The van der Waals surface area contributed by atoms with Crippen LogP contribution >= 0.6 is 11.3 Å². The lowest BCUT2D eigenvalue weighted by atomic mass is 9.82. The molecule has 2 fully saturated rings. The van der Waals surface area contributed by atoms with E-state index in [1.54, 1.807) is 11.3 Å². The lowest BCUT2D eigenvalue weighted by Gasteiger charge is -2.41. The van der Waals surface area contributed by atoms with Crippen LogP contribution in [0.25, 0.3) is 0 Å². The topological polar surface area (TPSA) is 69.5 Å². The maximum absolute atomic E-state index is 12.9. The second-order valence-corrected chi connectivity index (χ2v) is 10.6. The van der Waals surface area contributed by atoms with Crippen molar-refractivity contribution in [3.63, 3.8) is 0 Å². The summed E-state index contributed by atoms with van der Waals surface area (Å²) in [5.41, 5.74) is 4.21. The number of fused-ring (bicyclic) bond motifs is 1. The summed E-state index contributed by atoms with van der Waals surface area (Å²) in [6, 6.07) is 6.59. The average molecular weight is 465 g/mol. The van der Waals surface area contributed by atoms with Crippen molar-refractivity contribution in [2.75, 3.05) is 31.1 Å². The predicted octanol–water partition coefficient (Wildman–Crippen LogP) is 4.41. The quantitative estimate of drug-likeness (QED) is 0.670. The van der Waals surface area contributed by atoms with Crippen molar-refractivity contribution in [2.45, 2.75) is 70.4 Å². The van der Waals surface area contributed by atoms with E-state index in [2.05, 4.69) is 17.9 Å². The number of piperazine rings is 1. The molecule has 2 aromatic rings. The Bertz CT molecular complexity index is 1040. The molecule has 1 amide bonds. The monoisotopic (exact) mass is 464 g/mol. The molecule has 0 aromatic carbocycles. The Morgan fingerprint density at radius 2 is 2.12 bits per heavy atom. The average Bonchev–Trinajstić information content (AvgIpc) is 3.36. The van der Waals surface area contributed by atoms with Gasteiger partial charge >= 0.3 is 0 Å². The summed E-state index contributed by atoms with van der Waals surface area (Å²) in [7, 11) is 0. The van der Waals surface area contributed by atoms with Crippen LogP contribution in [-0.4, -0.2) is 48.1 Å². The van der Waals surface area contributed by atoms with Crippen LogP contribution in [-0.2, 0) is 29.0 Å². The van der Waals surface area contributed by atoms with E-state index in [0.717, 1.165) is 28.2 Å². The van der Waals surface area contributed by atoms with E-state index >= 15 is 0 Å². The largest absolute Gasteiger partial charge is 0.376 e. The van der Waals surface area contributed by atoms with Gasteiger partial charge < -0.3 is 14.5 Å². The first-order chi connectivity index (χ1) is 16.2. The Balaban J connectivity index is 1.42. The first kappa shape index (κ1) is 22.4. The third kappa shape index (κ3) is 4.51. The van der Waals surface area contributed by atoms with Gasteiger partial charge in [0.2, 0.25) is 5.91 Å². The van der Waals surface area contributed by atoms with Crippen molar-refractivity contribution in [1.29, 1.82) is 5.26 Å². The van der Waals surface area contributed by atoms with Gasteiger partial charge in [-0.2, -0.15) is 5.26 Å². The second kappa shape index (κ2) is 9.82. The molecule has 3 aliphatic rings. The number of ether oxygens (including phenoxy) is 1. The van der Waals surface area contributed by atoms with Gasteiger partial charge in [0.15, 0.2) is 0 Å². The van der Waals surface area contributed by atoms with Crippen molar-refractivity contribution in [1.82, 2.24) is 9.88 Å². The lowest BCUT2D eigenvalue weighted by Crippen LogP contribution is -2.55. The normalized spacial score (nSPS) is 21.5. The van der Waals surface area contributed by atoms with Crippen LogP contribution in [0.1, 0.15) is 72.2 Å². The van der Waals surface area contributed by atoms with Gasteiger partial charge in [-0.1, -0.05) is 25.3 Å². The highest BCUT2D eigenvalue weighted by molar-refractivity contribution is 7.10. The van der Waals surface area contributed by atoms with E-state index in [1.807, 2.05) is 22.4 Å². The minimum atomic E-state index is 0.0806. The third-order valence-corrected chi connectivity index (χ3v) is 8.30. The number of amides is 1. The molecule has 7 heteroatoms. The highest BCUT2D eigenvalue weighted by Gasteiger charge is 2.33. The van der Waals surface area contributed by atoms with Crippen LogP contribution in [0.2, 0.25) is 0 Å². The Labute approximate surface area is 200 Å². The summed E-state index contributed by atoms with van der Waals surface area (Å²) < 4.78 is 5.81. The Morgan fingerprint density at radius 3 is 2.85 bits per heavy atom. The molecular weight excluding hydrogens is 432 g/mol. The highest BCUT2D eigenvalue weighted by atomic mass is 32.1. The van der Waals surface area contributed by atoms with Crippen LogP contribution in [0.4, 0.5) is 5.82 Å². The van der Waals surface area contributed by atoms with Crippen molar-refractivity contribution in [3.05, 3.63) is 44.8 Å². The molecule has 174 valence electrons. The van der Waals surface area contributed by atoms with Crippen molar-refractivity contribution in [2.24, 2.45) is 0 Å². The van der Waals surface area contributed by atoms with E-state index in [4.69, 9.17) is 9.72 Å². The Morgan fingerprint density at radius 1 is 1.27 bits per heavy atom. The molecule has 1 aliphatic carbocycles. The molecule has 1 atom stereocenters. The number of thiophene rings is 1. The van der Waals surface area contributed by atoms with Gasteiger partial charge in [-0.25, -0.2) is 4.98 Å². The molecule has 1 unspecified atom stereocenters. The van der Waals surface area contributed by atoms with E-state index in [1.165, 1.54) is 43.4 Å². The van der Waals surface area contributed by atoms with Crippen LogP contribution in [0.5, 0.6) is 0 Å². The number of carbonyl (C=O) groups excluding carboxylic acids is 1. The van der Waals surface area contributed by atoms with E-state index in [9.17, 15) is 10.1 Å². The minimum Gasteiger partial charge on any atom is -0.376 e. The molecule has 0 N–H and O–H groups in total. The third-order valence-electron chi connectivity index (χ3n) is 7.42. The number of anilines is 1. The van der Waals surface area contributed by atoms with E-state index in [-0.39, 0.29) is 11.9 Å². The Kier molecular flexibility index (Phi) is 6.66. The molecule has 1 saturated heterocycles.